The van der Waals surface area contributed by atoms with Crippen molar-refractivity contribution in [2.75, 3.05) is 13.2 Å². The van der Waals surface area contributed by atoms with E-state index in [9.17, 15) is 4.79 Å². The molecule has 1 amide bonds. The maximum atomic E-state index is 11.7. The van der Waals surface area contributed by atoms with Gasteiger partial charge in [-0.15, -0.1) is 11.3 Å². The van der Waals surface area contributed by atoms with E-state index in [0.717, 1.165) is 12.7 Å². The third-order valence-corrected chi connectivity index (χ3v) is 3.97. The molecule has 1 fully saturated rings. The van der Waals surface area contributed by atoms with Crippen LogP contribution in [0.5, 0.6) is 0 Å². The number of rotatable bonds is 7. The minimum Gasteiger partial charge on any atom is -0.374 e. The van der Waals surface area contributed by atoms with Gasteiger partial charge in [0.25, 0.3) is 0 Å². The van der Waals surface area contributed by atoms with Crippen molar-refractivity contribution in [2.24, 2.45) is 0 Å². The van der Waals surface area contributed by atoms with Crippen LogP contribution in [-0.2, 0) is 16.1 Å². The van der Waals surface area contributed by atoms with Gasteiger partial charge in [-0.05, 0) is 17.9 Å². The second-order valence-corrected chi connectivity index (χ2v) is 5.43. The molecule has 0 saturated carbocycles. The number of likely N-dealkylation sites (tertiary alicyclic amines) is 1. The molecule has 0 N–H and O–H groups in total. The Labute approximate surface area is 114 Å². The molecule has 0 aliphatic carbocycles. The van der Waals surface area contributed by atoms with E-state index in [1.165, 1.54) is 4.88 Å². The van der Waals surface area contributed by atoms with Crippen LogP contribution in [0.25, 0.3) is 0 Å². The molecule has 1 atom stereocenters. The zero-order valence-electron chi connectivity index (χ0n) is 10.4. The summed E-state index contributed by atoms with van der Waals surface area (Å²) in [5.74, 6) is 0.224. The van der Waals surface area contributed by atoms with Gasteiger partial charge >= 0.3 is 0 Å². The predicted molar refractivity (Wildman–Crippen MR) is 75.0 cm³/mol. The maximum Gasteiger partial charge on any atom is 0.222 e. The van der Waals surface area contributed by atoms with E-state index < -0.39 is 0 Å². The Hall–Kier alpha value is -0.740. The highest BCUT2D eigenvalue weighted by atomic mass is 32.1. The minimum atomic E-state index is 0.220. The second kappa shape index (κ2) is 7.00. The van der Waals surface area contributed by atoms with Gasteiger partial charge in [0.15, 0.2) is 0 Å². The highest BCUT2D eigenvalue weighted by Gasteiger charge is 2.30. The van der Waals surface area contributed by atoms with Crippen molar-refractivity contribution in [2.45, 2.75) is 31.8 Å². The Morgan fingerprint density at radius 1 is 1.61 bits per heavy atom. The predicted octanol–water partition coefficient (Wildman–Crippen LogP) is 1.46. The fourth-order valence-electron chi connectivity index (χ4n) is 2.18. The number of nitrogens with zero attached hydrogens (tertiary/aromatic N) is 1. The number of hydrogen-bond acceptors (Lipinski definition) is 3. The molecular formula is C12H16B2NO2S. The fourth-order valence-corrected chi connectivity index (χ4v) is 2.82. The van der Waals surface area contributed by atoms with Crippen molar-refractivity contribution in [3.05, 3.63) is 22.4 Å². The molecule has 6 heteroatoms. The molecule has 1 aromatic rings. The highest BCUT2D eigenvalue weighted by molar-refractivity contribution is 7.09. The maximum absolute atomic E-state index is 11.7. The molecule has 1 aliphatic rings. The lowest BCUT2D eigenvalue weighted by molar-refractivity contribution is -0.129. The van der Waals surface area contributed by atoms with Gasteiger partial charge in [0.2, 0.25) is 5.91 Å². The zero-order valence-corrected chi connectivity index (χ0v) is 11.2. The summed E-state index contributed by atoms with van der Waals surface area (Å²) in [5, 5.41) is 2.04. The highest BCUT2D eigenvalue weighted by Crippen LogP contribution is 2.20. The van der Waals surface area contributed by atoms with E-state index in [-0.39, 0.29) is 11.9 Å². The zero-order chi connectivity index (χ0) is 12.8. The number of carbonyl (C=O) groups is 1. The lowest BCUT2D eigenvalue weighted by atomic mass is 9.53. The van der Waals surface area contributed by atoms with Crippen LogP contribution in [0.3, 0.4) is 0 Å². The molecular weight excluding hydrogens is 244 g/mol. The quantitative estimate of drug-likeness (QED) is 0.694. The Morgan fingerprint density at radius 3 is 3.22 bits per heavy atom. The van der Waals surface area contributed by atoms with Gasteiger partial charge in [-0.25, -0.2) is 0 Å². The summed E-state index contributed by atoms with van der Waals surface area (Å²) in [5.41, 5.74) is 0. The standard InChI is InChI=1S/C12H16B2NO2S/c13-14-5-6-15-10(3-4-12(15)16)8-17-9-11-2-1-7-18-11/h1-2,7,10H,3-6,8-9H2. The van der Waals surface area contributed by atoms with Gasteiger partial charge < -0.3 is 9.64 Å². The summed E-state index contributed by atoms with van der Waals surface area (Å²) in [7, 11) is 6.98. The largest absolute Gasteiger partial charge is 0.374 e. The molecule has 3 nitrogen and oxygen atoms in total. The average Bonchev–Trinajstić information content (AvgIpc) is 2.98. The molecule has 93 valence electrons. The molecule has 18 heavy (non-hydrogen) atoms. The van der Waals surface area contributed by atoms with Gasteiger partial charge in [0.05, 0.1) is 26.4 Å². The second-order valence-electron chi connectivity index (χ2n) is 4.40. The van der Waals surface area contributed by atoms with Gasteiger partial charge in [0, 0.05) is 25.6 Å². The van der Waals surface area contributed by atoms with Crippen molar-refractivity contribution in [3.8, 4) is 0 Å². The fraction of sp³-hybridized carbons (Fsp3) is 0.583. The number of amides is 1. The smallest absolute Gasteiger partial charge is 0.222 e. The Bertz CT molecular complexity index is 372. The lowest BCUT2D eigenvalue weighted by Crippen LogP contribution is -2.37. The van der Waals surface area contributed by atoms with Crippen molar-refractivity contribution in [1.29, 1.82) is 0 Å². The van der Waals surface area contributed by atoms with Crippen LogP contribution in [0.2, 0.25) is 6.32 Å². The Morgan fingerprint density at radius 2 is 2.50 bits per heavy atom. The molecule has 2 rings (SSSR count). The minimum absolute atomic E-state index is 0.220. The molecule has 0 aromatic carbocycles. The van der Waals surface area contributed by atoms with Crippen LogP contribution >= 0.6 is 11.3 Å². The lowest BCUT2D eigenvalue weighted by Gasteiger charge is -2.24. The summed E-state index contributed by atoms with van der Waals surface area (Å²) in [6, 6.07) is 4.30. The first-order chi connectivity index (χ1) is 8.81. The van der Waals surface area contributed by atoms with E-state index in [2.05, 4.69) is 6.07 Å². The number of carbonyl (C=O) groups excluding carboxylic acids is 1. The van der Waals surface area contributed by atoms with E-state index in [4.69, 9.17) is 12.5 Å². The number of thiophene rings is 1. The average molecular weight is 260 g/mol. The van der Waals surface area contributed by atoms with Crippen LogP contribution in [0.1, 0.15) is 17.7 Å². The van der Waals surface area contributed by atoms with Crippen LogP contribution in [-0.4, -0.2) is 44.9 Å². The van der Waals surface area contributed by atoms with Gasteiger partial charge in [-0.3, -0.25) is 4.79 Å². The number of ether oxygens (including phenoxy) is 1. The van der Waals surface area contributed by atoms with Gasteiger partial charge in [0.1, 0.15) is 0 Å². The monoisotopic (exact) mass is 260 g/mol. The topological polar surface area (TPSA) is 29.5 Å². The third-order valence-electron chi connectivity index (χ3n) is 3.12. The van der Waals surface area contributed by atoms with E-state index in [1.54, 1.807) is 18.5 Å². The molecule has 1 aliphatic heterocycles. The Kier molecular flexibility index (Phi) is 5.32. The molecule has 1 unspecified atom stereocenters. The third kappa shape index (κ3) is 3.62. The molecule has 2 heterocycles. The molecule has 3 radical (unpaired) electrons. The van der Waals surface area contributed by atoms with Crippen molar-refractivity contribution < 1.29 is 9.53 Å². The molecule has 1 aromatic heterocycles. The molecule has 0 bridgehead atoms. The summed E-state index contributed by atoms with van der Waals surface area (Å²) in [6.07, 6.45) is 2.28. The summed E-state index contributed by atoms with van der Waals surface area (Å²) in [4.78, 5) is 14.8. The van der Waals surface area contributed by atoms with Crippen LogP contribution in [0, 0.1) is 0 Å². The summed E-state index contributed by atoms with van der Waals surface area (Å²) >= 11 is 1.69. The van der Waals surface area contributed by atoms with E-state index >= 15 is 0 Å². The van der Waals surface area contributed by atoms with Gasteiger partial charge in [-0.2, -0.15) is 0 Å². The molecule has 1 saturated heterocycles. The first kappa shape index (κ1) is 13.7. The van der Waals surface area contributed by atoms with Crippen LogP contribution in [0.4, 0.5) is 0 Å². The Balaban J connectivity index is 1.75. The van der Waals surface area contributed by atoms with Crippen molar-refractivity contribution >= 4 is 32.2 Å². The summed E-state index contributed by atoms with van der Waals surface area (Å²) < 4.78 is 5.70. The summed E-state index contributed by atoms with van der Waals surface area (Å²) in [6.45, 7) is 1.97. The SMILES string of the molecule is [B][B]CCN1C(=O)CCC1COCc1cccs1. The van der Waals surface area contributed by atoms with Crippen molar-refractivity contribution in [3.63, 3.8) is 0 Å². The molecule has 0 spiro atoms. The van der Waals surface area contributed by atoms with E-state index in [1.807, 2.05) is 16.3 Å². The first-order valence-corrected chi connectivity index (χ1v) is 7.12. The van der Waals surface area contributed by atoms with Gasteiger partial charge in [-0.1, -0.05) is 12.4 Å². The normalized spacial score (nSPS) is 19.4. The van der Waals surface area contributed by atoms with Crippen LogP contribution in [0.15, 0.2) is 17.5 Å². The number of hydrogen-bond donors (Lipinski definition) is 0. The van der Waals surface area contributed by atoms with E-state index in [0.29, 0.717) is 26.2 Å². The van der Waals surface area contributed by atoms with Crippen LogP contribution < -0.4 is 0 Å². The van der Waals surface area contributed by atoms with Crippen molar-refractivity contribution in [1.82, 2.24) is 4.90 Å². The first-order valence-electron chi connectivity index (χ1n) is 6.24.